The van der Waals surface area contributed by atoms with Crippen LogP contribution in [0, 0.1) is 23.7 Å². The molecule has 0 heteroatoms. The summed E-state index contributed by atoms with van der Waals surface area (Å²) in [5.41, 5.74) is 0. The molecule has 0 bridgehead atoms. The predicted molar refractivity (Wildman–Crippen MR) is 80.6 cm³/mol. The summed E-state index contributed by atoms with van der Waals surface area (Å²) in [7, 11) is 0. The topological polar surface area (TPSA) is 0 Å². The Bertz CT molecular complexity index is 211. The van der Waals surface area contributed by atoms with E-state index in [9.17, 15) is 0 Å². The molecule has 2 aliphatic rings. The summed E-state index contributed by atoms with van der Waals surface area (Å²) in [6.45, 7) is 4.71. The van der Waals surface area contributed by atoms with E-state index in [0.717, 1.165) is 23.7 Å². The Morgan fingerprint density at radius 1 is 0.611 bits per heavy atom. The van der Waals surface area contributed by atoms with Crippen molar-refractivity contribution in [3.63, 3.8) is 0 Å². The molecule has 0 spiro atoms. The fraction of sp³-hybridized carbons (Fsp3) is 0.889. The van der Waals surface area contributed by atoms with Crippen molar-refractivity contribution in [2.45, 2.75) is 78.1 Å². The van der Waals surface area contributed by atoms with Crippen LogP contribution in [-0.4, -0.2) is 0 Å². The van der Waals surface area contributed by atoms with Gasteiger partial charge in [0.05, 0.1) is 0 Å². The van der Waals surface area contributed by atoms with Crippen molar-refractivity contribution in [1.82, 2.24) is 0 Å². The normalized spacial score (nSPS) is 38.1. The molecule has 0 radical (unpaired) electrons. The van der Waals surface area contributed by atoms with E-state index in [-0.39, 0.29) is 0 Å². The lowest BCUT2D eigenvalue weighted by Gasteiger charge is -2.28. The number of rotatable bonds is 4. The van der Waals surface area contributed by atoms with Crippen LogP contribution in [0.1, 0.15) is 78.1 Å². The molecule has 0 saturated heterocycles. The van der Waals surface area contributed by atoms with E-state index in [2.05, 4.69) is 26.0 Å². The molecule has 0 nitrogen and oxygen atoms in total. The first kappa shape index (κ1) is 14.2. The lowest BCUT2D eigenvalue weighted by molar-refractivity contribution is 0.293. The summed E-state index contributed by atoms with van der Waals surface area (Å²) in [4.78, 5) is 0. The predicted octanol–water partition coefficient (Wildman–Crippen LogP) is 5.98. The molecular weight excluding hydrogens is 216 g/mol. The van der Waals surface area contributed by atoms with E-state index in [0.29, 0.717) is 0 Å². The fourth-order valence-corrected chi connectivity index (χ4v) is 3.89. The second-order valence-electron chi connectivity index (χ2n) is 6.76. The largest absolute Gasteiger partial charge is 0.0851 e. The van der Waals surface area contributed by atoms with Crippen LogP contribution in [0.4, 0.5) is 0 Å². The first-order chi connectivity index (χ1) is 8.81. The average molecular weight is 248 g/mol. The minimum atomic E-state index is 0.914. The Balaban J connectivity index is 1.69. The first-order valence-corrected chi connectivity index (χ1v) is 8.50. The molecule has 0 N–H and O–H groups in total. The van der Waals surface area contributed by atoms with E-state index >= 15 is 0 Å². The summed E-state index contributed by atoms with van der Waals surface area (Å²) in [6.07, 6.45) is 19.7. The van der Waals surface area contributed by atoms with Gasteiger partial charge in [-0.2, -0.15) is 0 Å². The molecule has 0 heterocycles. The average Bonchev–Trinajstić information content (AvgIpc) is 2.46. The Morgan fingerprint density at radius 2 is 0.944 bits per heavy atom. The van der Waals surface area contributed by atoms with Gasteiger partial charge in [-0.15, -0.1) is 0 Å². The summed E-state index contributed by atoms with van der Waals surface area (Å²) in [5.74, 6) is 3.90. The van der Waals surface area contributed by atoms with Gasteiger partial charge >= 0.3 is 0 Å². The number of allylic oxidation sites excluding steroid dienone is 2. The highest BCUT2D eigenvalue weighted by atomic mass is 14.3. The van der Waals surface area contributed by atoms with Crippen molar-refractivity contribution in [3.8, 4) is 0 Å². The summed E-state index contributed by atoms with van der Waals surface area (Å²) < 4.78 is 0. The van der Waals surface area contributed by atoms with Crippen LogP contribution in [0.25, 0.3) is 0 Å². The third kappa shape index (κ3) is 4.14. The van der Waals surface area contributed by atoms with E-state index < -0.39 is 0 Å². The lowest BCUT2D eigenvalue weighted by Crippen LogP contribution is -2.14. The molecule has 2 rings (SSSR count). The number of hydrogen-bond donors (Lipinski definition) is 0. The standard InChI is InChI=1S/C18H32/c1-3-15-5-9-17(10-6-15)13-14-18-11-7-16(4-2)8-12-18/h13-18H,3-12H2,1-2H3/b14-13+. The van der Waals surface area contributed by atoms with Gasteiger partial charge < -0.3 is 0 Å². The van der Waals surface area contributed by atoms with Gasteiger partial charge in [-0.3, -0.25) is 0 Å². The third-order valence-corrected chi connectivity index (χ3v) is 5.59. The zero-order valence-corrected chi connectivity index (χ0v) is 12.5. The SMILES string of the molecule is CCC1CCC(/C=C/C2CCC(CC)CC2)CC1. The van der Waals surface area contributed by atoms with Gasteiger partial charge in [0.1, 0.15) is 0 Å². The van der Waals surface area contributed by atoms with Gasteiger partial charge in [-0.05, 0) is 75.0 Å². The zero-order valence-electron chi connectivity index (χ0n) is 12.5. The Labute approximate surface area is 114 Å². The maximum atomic E-state index is 2.59. The minimum Gasteiger partial charge on any atom is -0.0851 e. The lowest BCUT2D eigenvalue weighted by atomic mass is 9.78. The van der Waals surface area contributed by atoms with Crippen LogP contribution in [0.5, 0.6) is 0 Å². The minimum absolute atomic E-state index is 0.914. The van der Waals surface area contributed by atoms with E-state index in [4.69, 9.17) is 0 Å². The number of hydrogen-bond acceptors (Lipinski definition) is 0. The van der Waals surface area contributed by atoms with Crippen molar-refractivity contribution >= 4 is 0 Å². The van der Waals surface area contributed by atoms with Gasteiger partial charge in [0.2, 0.25) is 0 Å². The monoisotopic (exact) mass is 248 g/mol. The first-order valence-electron chi connectivity index (χ1n) is 8.50. The molecule has 0 aromatic rings. The van der Waals surface area contributed by atoms with Crippen molar-refractivity contribution in [1.29, 1.82) is 0 Å². The summed E-state index contributed by atoms with van der Waals surface area (Å²) >= 11 is 0. The Hall–Kier alpha value is -0.260. The molecule has 104 valence electrons. The zero-order chi connectivity index (χ0) is 12.8. The molecule has 2 saturated carbocycles. The molecule has 18 heavy (non-hydrogen) atoms. The van der Waals surface area contributed by atoms with Gasteiger partial charge in [0.15, 0.2) is 0 Å². The molecule has 0 amide bonds. The highest BCUT2D eigenvalue weighted by molar-refractivity contribution is 4.96. The van der Waals surface area contributed by atoms with E-state index in [1.165, 1.54) is 64.2 Å². The molecule has 2 aliphatic carbocycles. The van der Waals surface area contributed by atoms with Crippen molar-refractivity contribution < 1.29 is 0 Å². The Kier molecular flexibility index (Phi) is 5.79. The molecule has 0 aromatic carbocycles. The van der Waals surface area contributed by atoms with E-state index in [1.807, 2.05) is 0 Å². The van der Waals surface area contributed by atoms with Crippen LogP contribution in [0.3, 0.4) is 0 Å². The van der Waals surface area contributed by atoms with Crippen molar-refractivity contribution in [3.05, 3.63) is 12.2 Å². The molecular formula is C18H32. The van der Waals surface area contributed by atoms with Crippen LogP contribution >= 0.6 is 0 Å². The quantitative estimate of drug-likeness (QED) is 0.537. The maximum Gasteiger partial charge on any atom is -0.0233 e. The fourth-order valence-electron chi connectivity index (χ4n) is 3.89. The maximum absolute atomic E-state index is 2.59. The van der Waals surface area contributed by atoms with Gasteiger partial charge in [-0.1, -0.05) is 38.8 Å². The third-order valence-electron chi connectivity index (χ3n) is 5.59. The van der Waals surface area contributed by atoms with Crippen molar-refractivity contribution in [2.75, 3.05) is 0 Å². The van der Waals surface area contributed by atoms with Crippen LogP contribution in [-0.2, 0) is 0 Å². The van der Waals surface area contributed by atoms with Crippen LogP contribution < -0.4 is 0 Å². The summed E-state index contributed by atoms with van der Waals surface area (Å²) in [6, 6.07) is 0. The summed E-state index contributed by atoms with van der Waals surface area (Å²) in [5, 5.41) is 0. The van der Waals surface area contributed by atoms with Gasteiger partial charge in [-0.25, -0.2) is 0 Å². The highest BCUT2D eigenvalue weighted by Crippen LogP contribution is 2.34. The van der Waals surface area contributed by atoms with Gasteiger partial charge in [0.25, 0.3) is 0 Å². The molecule has 2 fully saturated rings. The van der Waals surface area contributed by atoms with Gasteiger partial charge in [0, 0.05) is 0 Å². The van der Waals surface area contributed by atoms with Crippen LogP contribution in [0.2, 0.25) is 0 Å². The van der Waals surface area contributed by atoms with Crippen molar-refractivity contribution in [2.24, 2.45) is 23.7 Å². The van der Waals surface area contributed by atoms with E-state index in [1.54, 1.807) is 0 Å². The second kappa shape index (κ2) is 7.36. The molecule has 0 unspecified atom stereocenters. The smallest absolute Gasteiger partial charge is 0.0233 e. The van der Waals surface area contributed by atoms with Crippen LogP contribution in [0.15, 0.2) is 12.2 Å². The second-order valence-corrected chi connectivity index (χ2v) is 6.76. The highest BCUT2D eigenvalue weighted by Gasteiger charge is 2.20. The Morgan fingerprint density at radius 3 is 1.22 bits per heavy atom. The molecule has 0 aromatic heterocycles. The molecule has 0 aliphatic heterocycles. The molecule has 0 atom stereocenters.